The van der Waals surface area contributed by atoms with Gasteiger partial charge in [-0.05, 0) is 96.5 Å². The van der Waals surface area contributed by atoms with E-state index in [0.29, 0.717) is 12.1 Å². The maximum absolute atomic E-state index is 2.58. The van der Waals surface area contributed by atoms with Crippen LogP contribution in [0, 0.1) is 0 Å². The number of nitrogens with zero attached hydrogens (tertiary/aromatic N) is 2. The van der Waals surface area contributed by atoms with Crippen molar-refractivity contribution in [3.05, 3.63) is 180 Å². The van der Waals surface area contributed by atoms with Crippen molar-refractivity contribution in [1.82, 2.24) is 0 Å². The van der Waals surface area contributed by atoms with Gasteiger partial charge in [0.25, 0.3) is 0 Å². The highest BCUT2D eigenvalue weighted by Gasteiger charge is 2.26. The average molecular weight is 571 g/mol. The van der Waals surface area contributed by atoms with E-state index in [-0.39, 0.29) is 0 Å². The van der Waals surface area contributed by atoms with Crippen molar-refractivity contribution in [2.75, 3.05) is 9.80 Å². The number of fused-ring (bicyclic) bond motifs is 1. The van der Waals surface area contributed by atoms with Crippen LogP contribution in [0.15, 0.2) is 157 Å². The molecule has 0 radical (unpaired) electrons. The number of allylic oxidation sites excluding steroid dienone is 6. The van der Waals surface area contributed by atoms with Gasteiger partial charge in [-0.2, -0.15) is 0 Å². The Morgan fingerprint density at radius 1 is 0.614 bits per heavy atom. The summed E-state index contributed by atoms with van der Waals surface area (Å²) in [6.07, 6.45) is 28.9. The van der Waals surface area contributed by atoms with E-state index in [4.69, 9.17) is 0 Å². The largest absolute Gasteiger partial charge is 0.358 e. The lowest BCUT2D eigenvalue weighted by molar-refractivity contribution is 0.610. The Kier molecular flexibility index (Phi) is 8.23. The first kappa shape index (κ1) is 27.7. The molecule has 44 heavy (non-hydrogen) atoms. The minimum Gasteiger partial charge on any atom is -0.358 e. The molecule has 7 rings (SSSR count). The molecular weight excluding hydrogens is 532 g/mol. The van der Waals surface area contributed by atoms with Crippen LogP contribution in [0.4, 0.5) is 17.1 Å². The smallest absolute Gasteiger partial charge is 0.0523 e. The van der Waals surface area contributed by atoms with E-state index in [1.54, 1.807) is 0 Å². The van der Waals surface area contributed by atoms with Gasteiger partial charge in [0.1, 0.15) is 0 Å². The first-order valence-corrected chi connectivity index (χ1v) is 15.8. The van der Waals surface area contributed by atoms with Crippen LogP contribution in [-0.4, -0.2) is 12.1 Å². The van der Waals surface area contributed by atoms with E-state index in [9.17, 15) is 0 Å². The van der Waals surface area contributed by atoms with Gasteiger partial charge in [-0.25, -0.2) is 0 Å². The second kappa shape index (κ2) is 13.1. The Bertz CT molecular complexity index is 1750. The van der Waals surface area contributed by atoms with Crippen molar-refractivity contribution < 1.29 is 0 Å². The zero-order chi connectivity index (χ0) is 29.6. The molecular formula is C42H38N2. The molecule has 3 aliphatic carbocycles. The third-order valence-corrected chi connectivity index (χ3v) is 8.74. The molecule has 2 unspecified atom stereocenters. The molecule has 0 saturated heterocycles. The molecule has 0 amide bonds. The average Bonchev–Trinajstić information content (AvgIpc) is 3.10. The maximum atomic E-state index is 2.58. The fourth-order valence-electron chi connectivity index (χ4n) is 6.52. The Hall–Kier alpha value is -5.08. The molecule has 0 aromatic heterocycles. The van der Waals surface area contributed by atoms with Crippen LogP contribution in [0.25, 0.3) is 18.2 Å². The number of benzene rings is 4. The highest BCUT2D eigenvalue weighted by Crippen LogP contribution is 2.34. The lowest BCUT2D eigenvalue weighted by atomic mass is 9.90. The summed E-state index contributed by atoms with van der Waals surface area (Å²) in [5.41, 5.74) is 10.1. The maximum Gasteiger partial charge on any atom is 0.0523 e. The molecule has 2 heteroatoms. The van der Waals surface area contributed by atoms with Gasteiger partial charge >= 0.3 is 0 Å². The molecule has 4 aromatic carbocycles. The minimum absolute atomic E-state index is 0.321. The van der Waals surface area contributed by atoms with E-state index in [2.05, 4.69) is 180 Å². The standard InChI is InChI=1S/C42H38N2/c1-5-13-37(14-6-1)43(38-15-7-2-8-16-38)41-28-24-33(25-29-41)21-22-34-23-26-36-32-42(30-27-35(36)31-34)44(39-17-9-3-10-18-39)40-19-11-4-12-20-40/h1-7,9-15,17-19,21-31,40,42H,8,16,20,32H2/b22-21+. The number of rotatable bonds is 8. The Morgan fingerprint density at radius 2 is 1.34 bits per heavy atom. The second-order valence-electron chi connectivity index (χ2n) is 11.7. The highest BCUT2D eigenvalue weighted by molar-refractivity contribution is 5.75. The Labute approximate surface area is 262 Å². The van der Waals surface area contributed by atoms with Gasteiger partial charge in [0.2, 0.25) is 0 Å². The number of hydrogen-bond donors (Lipinski definition) is 0. The summed E-state index contributed by atoms with van der Waals surface area (Å²) in [7, 11) is 0. The molecule has 216 valence electrons. The minimum atomic E-state index is 0.321. The molecule has 2 atom stereocenters. The highest BCUT2D eigenvalue weighted by atomic mass is 15.2. The number of hydrogen-bond acceptors (Lipinski definition) is 2. The summed E-state index contributed by atoms with van der Waals surface area (Å²) < 4.78 is 0. The van der Waals surface area contributed by atoms with E-state index < -0.39 is 0 Å². The van der Waals surface area contributed by atoms with Gasteiger partial charge < -0.3 is 9.80 Å². The quantitative estimate of drug-likeness (QED) is 0.194. The van der Waals surface area contributed by atoms with Crippen LogP contribution >= 0.6 is 0 Å². The van der Waals surface area contributed by atoms with Crippen molar-refractivity contribution >= 4 is 35.3 Å². The number of para-hydroxylation sites is 2. The van der Waals surface area contributed by atoms with Crippen LogP contribution in [0.1, 0.15) is 41.5 Å². The third kappa shape index (κ3) is 6.16. The molecule has 0 fully saturated rings. The van der Waals surface area contributed by atoms with E-state index in [1.165, 1.54) is 45.0 Å². The van der Waals surface area contributed by atoms with Gasteiger partial charge in [-0.3, -0.25) is 0 Å². The Balaban J connectivity index is 1.08. The topological polar surface area (TPSA) is 6.48 Å². The van der Waals surface area contributed by atoms with E-state index in [1.807, 2.05) is 0 Å². The lowest BCUT2D eigenvalue weighted by Gasteiger charge is -2.39. The zero-order valence-electron chi connectivity index (χ0n) is 25.0. The molecule has 0 N–H and O–H groups in total. The van der Waals surface area contributed by atoms with Gasteiger partial charge in [-0.15, -0.1) is 0 Å². The van der Waals surface area contributed by atoms with Crippen LogP contribution in [-0.2, 0) is 6.42 Å². The first-order valence-electron chi connectivity index (χ1n) is 15.8. The predicted molar refractivity (Wildman–Crippen MR) is 189 cm³/mol. The summed E-state index contributed by atoms with van der Waals surface area (Å²) >= 11 is 0. The van der Waals surface area contributed by atoms with Crippen molar-refractivity contribution in [2.24, 2.45) is 0 Å². The van der Waals surface area contributed by atoms with E-state index >= 15 is 0 Å². The van der Waals surface area contributed by atoms with Gasteiger partial charge in [-0.1, -0.05) is 121 Å². The van der Waals surface area contributed by atoms with Crippen LogP contribution in [0.5, 0.6) is 0 Å². The molecule has 0 spiro atoms. The van der Waals surface area contributed by atoms with Crippen LogP contribution in [0.3, 0.4) is 0 Å². The summed E-state index contributed by atoms with van der Waals surface area (Å²) in [5, 5.41) is 0. The molecule has 0 bridgehead atoms. The van der Waals surface area contributed by atoms with Crippen molar-refractivity contribution in [1.29, 1.82) is 0 Å². The normalized spacial score (nSPS) is 18.7. The summed E-state index contributed by atoms with van der Waals surface area (Å²) in [4.78, 5) is 4.96. The van der Waals surface area contributed by atoms with Crippen LogP contribution in [0.2, 0.25) is 0 Å². The molecule has 2 nitrogen and oxygen atoms in total. The van der Waals surface area contributed by atoms with Crippen molar-refractivity contribution in [3.8, 4) is 0 Å². The summed E-state index contributed by atoms with van der Waals surface area (Å²) in [6.45, 7) is 0. The molecule has 0 saturated carbocycles. The molecule has 3 aliphatic rings. The van der Waals surface area contributed by atoms with Gasteiger partial charge in [0, 0.05) is 22.8 Å². The SMILES string of the molecule is C1=CCCC(N(c2ccccc2)c2ccc(/C=C/c3ccc4c(c3)C=CC(N(c3ccccc3)C3C=CC=CC3)C4)cc2)=C1. The molecule has 4 aromatic rings. The molecule has 0 heterocycles. The lowest BCUT2D eigenvalue weighted by Crippen LogP contribution is -2.43. The third-order valence-electron chi connectivity index (χ3n) is 8.74. The predicted octanol–water partition coefficient (Wildman–Crippen LogP) is 10.6. The van der Waals surface area contributed by atoms with Gasteiger partial charge in [0.05, 0.1) is 12.1 Å². The summed E-state index contributed by atoms with van der Waals surface area (Å²) in [6, 6.07) is 38.0. The monoisotopic (exact) mass is 570 g/mol. The molecule has 0 aliphatic heterocycles. The van der Waals surface area contributed by atoms with Crippen molar-refractivity contribution in [2.45, 2.75) is 37.8 Å². The Morgan fingerprint density at radius 3 is 2.07 bits per heavy atom. The van der Waals surface area contributed by atoms with Gasteiger partial charge in [0.15, 0.2) is 0 Å². The summed E-state index contributed by atoms with van der Waals surface area (Å²) in [5.74, 6) is 0. The number of anilines is 3. The van der Waals surface area contributed by atoms with Crippen LogP contribution < -0.4 is 9.80 Å². The zero-order valence-corrected chi connectivity index (χ0v) is 25.0. The fourth-order valence-corrected chi connectivity index (χ4v) is 6.52. The van der Waals surface area contributed by atoms with Crippen molar-refractivity contribution in [3.63, 3.8) is 0 Å². The first-order chi connectivity index (χ1) is 21.8. The fraction of sp³-hybridized carbons (Fsp3) is 0.143. The second-order valence-corrected chi connectivity index (χ2v) is 11.7. The van der Waals surface area contributed by atoms with E-state index in [0.717, 1.165) is 25.7 Å².